The SMILES string of the molecule is COCC1CN(c2nccc(C)c2[N+](=O)[O-])CC(C)O1. The normalized spacial score (nSPS) is 22.9. The predicted octanol–water partition coefficient (Wildman–Crippen LogP) is 1.54. The fourth-order valence-electron chi connectivity index (χ4n) is 2.49. The lowest BCUT2D eigenvalue weighted by atomic mass is 10.2. The zero-order valence-electron chi connectivity index (χ0n) is 11.9. The fraction of sp³-hybridized carbons (Fsp3) is 0.615. The van der Waals surface area contributed by atoms with Crippen LogP contribution in [0.25, 0.3) is 0 Å². The molecule has 2 atom stereocenters. The first kappa shape index (κ1) is 14.7. The number of rotatable bonds is 4. The number of nitro groups is 1. The molecule has 0 radical (unpaired) electrons. The van der Waals surface area contributed by atoms with E-state index in [1.165, 1.54) is 0 Å². The molecule has 0 spiro atoms. The van der Waals surface area contributed by atoms with Gasteiger partial charge in [0.1, 0.15) is 0 Å². The number of aryl methyl sites for hydroxylation is 1. The van der Waals surface area contributed by atoms with E-state index in [1.807, 2.05) is 11.8 Å². The van der Waals surface area contributed by atoms with Gasteiger partial charge in [-0.1, -0.05) is 0 Å². The van der Waals surface area contributed by atoms with Gasteiger partial charge >= 0.3 is 5.69 Å². The lowest BCUT2D eigenvalue weighted by Gasteiger charge is -2.36. The van der Waals surface area contributed by atoms with Crippen LogP contribution in [-0.4, -0.2) is 48.9 Å². The third kappa shape index (κ3) is 3.05. The van der Waals surface area contributed by atoms with E-state index >= 15 is 0 Å². The standard InChI is InChI=1S/C13H19N3O4/c1-9-4-5-14-13(12(9)16(17)18)15-6-10(2)20-11(7-15)8-19-3/h4-5,10-11H,6-8H2,1-3H3. The summed E-state index contributed by atoms with van der Waals surface area (Å²) in [6.07, 6.45) is 1.47. The Morgan fingerprint density at radius 3 is 3.00 bits per heavy atom. The molecule has 0 bridgehead atoms. The first-order valence-corrected chi connectivity index (χ1v) is 6.52. The number of hydrogen-bond donors (Lipinski definition) is 0. The Morgan fingerprint density at radius 1 is 1.60 bits per heavy atom. The summed E-state index contributed by atoms with van der Waals surface area (Å²) < 4.78 is 10.9. The summed E-state index contributed by atoms with van der Waals surface area (Å²) in [6.45, 7) is 5.24. The van der Waals surface area contributed by atoms with Crippen LogP contribution >= 0.6 is 0 Å². The van der Waals surface area contributed by atoms with Crippen molar-refractivity contribution in [3.63, 3.8) is 0 Å². The molecule has 7 nitrogen and oxygen atoms in total. The third-order valence-electron chi connectivity index (χ3n) is 3.27. The van der Waals surface area contributed by atoms with E-state index in [2.05, 4.69) is 4.98 Å². The van der Waals surface area contributed by atoms with Gasteiger partial charge in [-0.15, -0.1) is 0 Å². The van der Waals surface area contributed by atoms with E-state index in [0.717, 1.165) is 0 Å². The van der Waals surface area contributed by atoms with Crippen molar-refractivity contribution in [3.8, 4) is 0 Å². The molecular weight excluding hydrogens is 262 g/mol. The zero-order valence-corrected chi connectivity index (χ0v) is 11.9. The topological polar surface area (TPSA) is 77.7 Å². The van der Waals surface area contributed by atoms with E-state index in [1.54, 1.807) is 26.3 Å². The van der Waals surface area contributed by atoms with Gasteiger partial charge in [-0.2, -0.15) is 0 Å². The summed E-state index contributed by atoms with van der Waals surface area (Å²) in [5.74, 6) is 0.409. The second-order valence-electron chi connectivity index (χ2n) is 4.99. The molecule has 0 aliphatic carbocycles. The maximum atomic E-state index is 11.3. The van der Waals surface area contributed by atoms with E-state index < -0.39 is 0 Å². The summed E-state index contributed by atoms with van der Waals surface area (Å²) in [5, 5.41) is 11.3. The quantitative estimate of drug-likeness (QED) is 0.615. The lowest BCUT2D eigenvalue weighted by Crippen LogP contribution is -2.48. The van der Waals surface area contributed by atoms with Crippen LogP contribution in [0.2, 0.25) is 0 Å². The van der Waals surface area contributed by atoms with Crippen molar-refractivity contribution in [2.45, 2.75) is 26.1 Å². The van der Waals surface area contributed by atoms with Crippen molar-refractivity contribution >= 4 is 11.5 Å². The zero-order chi connectivity index (χ0) is 14.7. The Morgan fingerprint density at radius 2 is 2.35 bits per heavy atom. The van der Waals surface area contributed by atoms with Gasteiger partial charge < -0.3 is 14.4 Å². The molecule has 7 heteroatoms. The van der Waals surface area contributed by atoms with Gasteiger partial charge in [0.25, 0.3) is 0 Å². The number of methoxy groups -OCH3 is 1. The molecule has 0 N–H and O–H groups in total. The van der Waals surface area contributed by atoms with Crippen LogP contribution < -0.4 is 4.90 Å². The number of morpholine rings is 1. The highest BCUT2D eigenvalue weighted by molar-refractivity contribution is 5.61. The number of aromatic nitrogens is 1. The number of ether oxygens (including phenoxy) is 2. The Kier molecular flexibility index (Phi) is 4.51. The highest BCUT2D eigenvalue weighted by Crippen LogP contribution is 2.30. The van der Waals surface area contributed by atoms with E-state index in [4.69, 9.17) is 9.47 Å². The summed E-state index contributed by atoms with van der Waals surface area (Å²) in [7, 11) is 1.61. The molecule has 1 aliphatic heterocycles. The molecule has 2 unspecified atom stereocenters. The summed E-state index contributed by atoms with van der Waals surface area (Å²) in [6, 6.07) is 1.65. The van der Waals surface area contributed by atoms with Gasteiger partial charge in [0.05, 0.1) is 23.7 Å². The maximum Gasteiger partial charge on any atom is 0.314 e. The van der Waals surface area contributed by atoms with Crippen molar-refractivity contribution in [1.29, 1.82) is 0 Å². The molecule has 0 saturated carbocycles. The van der Waals surface area contributed by atoms with Gasteiger partial charge in [0.2, 0.25) is 5.82 Å². The Bertz CT molecular complexity index is 495. The van der Waals surface area contributed by atoms with Gasteiger partial charge in [-0.3, -0.25) is 10.1 Å². The van der Waals surface area contributed by atoms with Crippen LogP contribution in [0.1, 0.15) is 12.5 Å². The molecule has 0 aromatic carbocycles. The highest BCUT2D eigenvalue weighted by Gasteiger charge is 2.31. The van der Waals surface area contributed by atoms with Crippen molar-refractivity contribution in [2.24, 2.45) is 0 Å². The first-order chi connectivity index (χ1) is 9.52. The van der Waals surface area contributed by atoms with Crippen molar-refractivity contribution in [3.05, 3.63) is 27.9 Å². The van der Waals surface area contributed by atoms with E-state index in [0.29, 0.717) is 31.1 Å². The summed E-state index contributed by atoms with van der Waals surface area (Å²) >= 11 is 0. The second kappa shape index (κ2) is 6.15. The minimum atomic E-state index is -0.372. The van der Waals surface area contributed by atoms with Gasteiger partial charge in [0.15, 0.2) is 0 Å². The molecule has 110 valence electrons. The van der Waals surface area contributed by atoms with Crippen LogP contribution in [0.5, 0.6) is 0 Å². The van der Waals surface area contributed by atoms with Crippen LogP contribution in [0.3, 0.4) is 0 Å². The predicted molar refractivity (Wildman–Crippen MR) is 74.1 cm³/mol. The molecule has 1 aromatic heterocycles. The van der Waals surface area contributed by atoms with E-state index in [9.17, 15) is 10.1 Å². The smallest absolute Gasteiger partial charge is 0.314 e. The number of pyridine rings is 1. The molecule has 1 fully saturated rings. The number of hydrogen-bond acceptors (Lipinski definition) is 6. The maximum absolute atomic E-state index is 11.3. The molecule has 2 rings (SSSR count). The van der Waals surface area contributed by atoms with Crippen molar-refractivity contribution < 1.29 is 14.4 Å². The molecule has 1 aromatic rings. The molecule has 1 aliphatic rings. The average molecular weight is 281 g/mol. The van der Waals surface area contributed by atoms with Gasteiger partial charge in [0, 0.05) is 32.0 Å². The molecule has 0 amide bonds. The average Bonchev–Trinajstić information content (AvgIpc) is 2.37. The number of anilines is 1. The Labute approximate surface area is 117 Å². The van der Waals surface area contributed by atoms with Crippen LogP contribution in [0.15, 0.2) is 12.3 Å². The second-order valence-corrected chi connectivity index (χ2v) is 4.99. The van der Waals surface area contributed by atoms with Crippen LogP contribution in [0, 0.1) is 17.0 Å². The number of nitrogens with zero attached hydrogens (tertiary/aromatic N) is 3. The molecule has 2 heterocycles. The van der Waals surface area contributed by atoms with Crippen molar-refractivity contribution in [1.82, 2.24) is 4.98 Å². The molecular formula is C13H19N3O4. The summed E-state index contributed by atoms with van der Waals surface area (Å²) in [4.78, 5) is 17.0. The monoisotopic (exact) mass is 281 g/mol. The van der Waals surface area contributed by atoms with Gasteiger partial charge in [-0.25, -0.2) is 4.98 Å². The largest absolute Gasteiger partial charge is 0.382 e. The molecule has 20 heavy (non-hydrogen) atoms. The van der Waals surface area contributed by atoms with Crippen molar-refractivity contribution in [2.75, 3.05) is 31.7 Å². The highest BCUT2D eigenvalue weighted by atomic mass is 16.6. The van der Waals surface area contributed by atoms with E-state index in [-0.39, 0.29) is 22.8 Å². The Hall–Kier alpha value is -1.73. The lowest BCUT2D eigenvalue weighted by molar-refractivity contribution is -0.385. The van der Waals surface area contributed by atoms with Crippen LogP contribution in [0.4, 0.5) is 11.5 Å². The minimum absolute atomic E-state index is 0.0224. The summed E-state index contributed by atoms with van der Waals surface area (Å²) in [5.41, 5.74) is 0.681. The van der Waals surface area contributed by atoms with Crippen LogP contribution in [-0.2, 0) is 9.47 Å². The first-order valence-electron chi connectivity index (χ1n) is 6.52. The Balaban J connectivity index is 2.30. The third-order valence-corrected chi connectivity index (χ3v) is 3.27. The minimum Gasteiger partial charge on any atom is -0.382 e. The van der Waals surface area contributed by atoms with Gasteiger partial charge in [-0.05, 0) is 19.9 Å². The fourth-order valence-corrected chi connectivity index (χ4v) is 2.49. The molecule has 1 saturated heterocycles.